The predicted molar refractivity (Wildman–Crippen MR) is 65.6 cm³/mol. The van der Waals surface area contributed by atoms with Crippen molar-refractivity contribution in [3.05, 3.63) is 0 Å². The Kier molecular flexibility index (Phi) is 5.42. The number of rotatable bonds is 6. The summed E-state index contributed by atoms with van der Waals surface area (Å²) < 4.78 is 5.64. The number of morpholine rings is 1. The van der Waals surface area contributed by atoms with E-state index >= 15 is 0 Å². The summed E-state index contributed by atoms with van der Waals surface area (Å²) in [6, 6.07) is 0. The first-order chi connectivity index (χ1) is 7.63. The third-order valence-electron chi connectivity index (χ3n) is 3.37. The van der Waals surface area contributed by atoms with E-state index in [-0.39, 0.29) is 5.41 Å². The smallest absolute Gasteiger partial charge is 0.127 e. The van der Waals surface area contributed by atoms with E-state index < -0.39 is 0 Å². The van der Waals surface area contributed by atoms with Gasteiger partial charge in [0.1, 0.15) is 6.29 Å². The average molecular weight is 227 g/mol. The minimum absolute atomic E-state index is 0.176. The fraction of sp³-hybridized carbons (Fsp3) is 0.923. The van der Waals surface area contributed by atoms with Crippen LogP contribution in [0.25, 0.3) is 0 Å². The molecule has 1 aliphatic rings. The third kappa shape index (κ3) is 3.87. The predicted octanol–water partition coefficient (Wildman–Crippen LogP) is 2.10. The minimum Gasteiger partial charge on any atom is -0.376 e. The molecule has 0 bridgehead atoms. The van der Waals surface area contributed by atoms with Crippen molar-refractivity contribution in [3.8, 4) is 0 Å². The molecular formula is C13H25NO2. The molecule has 94 valence electrons. The summed E-state index contributed by atoms with van der Waals surface area (Å²) in [5.41, 5.74) is -0.176. The van der Waals surface area contributed by atoms with Gasteiger partial charge in [-0.1, -0.05) is 27.2 Å². The molecule has 0 amide bonds. The van der Waals surface area contributed by atoms with Crippen molar-refractivity contribution < 1.29 is 9.53 Å². The maximum absolute atomic E-state index is 11.2. The van der Waals surface area contributed by atoms with Gasteiger partial charge in [0.15, 0.2) is 0 Å². The second kappa shape index (κ2) is 6.36. The van der Waals surface area contributed by atoms with Gasteiger partial charge in [0.2, 0.25) is 0 Å². The highest BCUT2D eigenvalue weighted by Gasteiger charge is 2.28. The van der Waals surface area contributed by atoms with Crippen molar-refractivity contribution in [2.24, 2.45) is 5.41 Å². The Morgan fingerprint density at radius 2 is 2.25 bits per heavy atom. The number of nitrogens with zero attached hydrogens (tertiary/aromatic N) is 1. The molecule has 0 radical (unpaired) electrons. The van der Waals surface area contributed by atoms with Crippen LogP contribution in [0.5, 0.6) is 0 Å². The molecule has 1 fully saturated rings. The lowest BCUT2D eigenvalue weighted by molar-refractivity contribution is -0.118. The molecule has 1 saturated heterocycles. The van der Waals surface area contributed by atoms with Crippen LogP contribution >= 0.6 is 0 Å². The van der Waals surface area contributed by atoms with E-state index in [0.717, 1.165) is 51.8 Å². The van der Waals surface area contributed by atoms with Gasteiger partial charge < -0.3 is 9.53 Å². The van der Waals surface area contributed by atoms with E-state index in [4.69, 9.17) is 4.74 Å². The van der Waals surface area contributed by atoms with Gasteiger partial charge in [0.25, 0.3) is 0 Å². The first kappa shape index (κ1) is 13.7. The molecule has 0 aromatic heterocycles. The Labute approximate surface area is 99.1 Å². The van der Waals surface area contributed by atoms with Crippen molar-refractivity contribution in [1.29, 1.82) is 0 Å². The van der Waals surface area contributed by atoms with Crippen LogP contribution in [0.3, 0.4) is 0 Å². The fourth-order valence-corrected chi connectivity index (χ4v) is 2.43. The highest BCUT2D eigenvalue weighted by Crippen LogP contribution is 2.23. The van der Waals surface area contributed by atoms with Crippen LogP contribution in [-0.4, -0.2) is 43.5 Å². The summed E-state index contributed by atoms with van der Waals surface area (Å²) in [6.45, 7) is 9.98. The summed E-state index contributed by atoms with van der Waals surface area (Å²) in [7, 11) is 0. The average Bonchev–Trinajstić information content (AvgIpc) is 2.29. The molecule has 0 aromatic carbocycles. The molecule has 3 heteroatoms. The van der Waals surface area contributed by atoms with Crippen LogP contribution in [-0.2, 0) is 9.53 Å². The standard InChI is InChI=1S/C13H25NO2/c1-4-6-13(3,11-15)10-14-7-8-16-12(5-2)9-14/h11-12H,4-10H2,1-3H3. The van der Waals surface area contributed by atoms with Crippen molar-refractivity contribution in [2.45, 2.75) is 46.1 Å². The highest BCUT2D eigenvalue weighted by atomic mass is 16.5. The van der Waals surface area contributed by atoms with Crippen LogP contribution in [0.2, 0.25) is 0 Å². The second-order valence-corrected chi connectivity index (χ2v) is 5.16. The summed E-state index contributed by atoms with van der Waals surface area (Å²) in [5, 5.41) is 0. The number of ether oxygens (including phenoxy) is 1. The fourth-order valence-electron chi connectivity index (χ4n) is 2.43. The van der Waals surface area contributed by atoms with Gasteiger partial charge in [-0.05, 0) is 12.8 Å². The first-order valence-electron chi connectivity index (χ1n) is 6.44. The lowest BCUT2D eigenvalue weighted by atomic mass is 9.86. The quantitative estimate of drug-likeness (QED) is 0.651. The molecular weight excluding hydrogens is 202 g/mol. The minimum atomic E-state index is -0.176. The Balaban J connectivity index is 2.47. The number of carbonyl (C=O) groups excluding carboxylic acids is 1. The Bertz CT molecular complexity index is 220. The summed E-state index contributed by atoms with van der Waals surface area (Å²) in [6.07, 6.45) is 4.59. The van der Waals surface area contributed by atoms with E-state index in [9.17, 15) is 4.79 Å². The number of hydrogen-bond donors (Lipinski definition) is 0. The zero-order valence-corrected chi connectivity index (χ0v) is 10.9. The summed E-state index contributed by atoms with van der Waals surface area (Å²) in [4.78, 5) is 13.6. The van der Waals surface area contributed by atoms with E-state index in [1.54, 1.807) is 0 Å². The summed E-state index contributed by atoms with van der Waals surface area (Å²) >= 11 is 0. The lowest BCUT2D eigenvalue weighted by Crippen LogP contribution is -2.47. The topological polar surface area (TPSA) is 29.5 Å². The molecule has 0 aliphatic carbocycles. The highest BCUT2D eigenvalue weighted by molar-refractivity contribution is 5.59. The van der Waals surface area contributed by atoms with Crippen molar-refractivity contribution in [1.82, 2.24) is 4.90 Å². The van der Waals surface area contributed by atoms with E-state index in [2.05, 4.69) is 25.7 Å². The Morgan fingerprint density at radius 3 is 2.81 bits per heavy atom. The molecule has 0 aromatic rings. The zero-order chi connectivity index (χ0) is 12.0. The maximum Gasteiger partial charge on any atom is 0.127 e. The van der Waals surface area contributed by atoms with Gasteiger partial charge in [-0.2, -0.15) is 0 Å². The Morgan fingerprint density at radius 1 is 1.50 bits per heavy atom. The normalized spacial score (nSPS) is 26.3. The van der Waals surface area contributed by atoms with Crippen LogP contribution in [0, 0.1) is 5.41 Å². The van der Waals surface area contributed by atoms with E-state index in [1.807, 2.05) is 0 Å². The zero-order valence-electron chi connectivity index (χ0n) is 10.9. The van der Waals surface area contributed by atoms with Gasteiger partial charge in [-0.15, -0.1) is 0 Å². The van der Waals surface area contributed by atoms with Crippen LogP contribution in [0.1, 0.15) is 40.0 Å². The van der Waals surface area contributed by atoms with E-state index in [0.29, 0.717) is 6.10 Å². The number of aldehydes is 1. The second-order valence-electron chi connectivity index (χ2n) is 5.16. The molecule has 2 unspecified atom stereocenters. The molecule has 1 rings (SSSR count). The molecule has 0 saturated carbocycles. The molecule has 16 heavy (non-hydrogen) atoms. The number of hydrogen-bond acceptors (Lipinski definition) is 3. The first-order valence-corrected chi connectivity index (χ1v) is 6.44. The van der Waals surface area contributed by atoms with Gasteiger partial charge in [0, 0.05) is 25.0 Å². The van der Waals surface area contributed by atoms with Crippen LogP contribution in [0.4, 0.5) is 0 Å². The van der Waals surface area contributed by atoms with Crippen LogP contribution < -0.4 is 0 Å². The maximum atomic E-state index is 11.2. The third-order valence-corrected chi connectivity index (χ3v) is 3.37. The molecule has 0 N–H and O–H groups in total. The molecule has 1 aliphatic heterocycles. The monoisotopic (exact) mass is 227 g/mol. The largest absolute Gasteiger partial charge is 0.376 e. The molecule has 3 nitrogen and oxygen atoms in total. The van der Waals surface area contributed by atoms with Gasteiger partial charge in [-0.25, -0.2) is 0 Å². The Hall–Kier alpha value is -0.410. The van der Waals surface area contributed by atoms with Crippen LogP contribution in [0.15, 0.2) is 0 Å². The SMILES string of the molecule is CCCC(C)(C=O)CN1CCOC(CC)C1. The van der Waals surface area contributed by atoms with Gasteiger partial charge in [0.05, 0.1) is 12.7 Å². The molecule has 0 spiro atoms. The molecule has 1 heterocycles. The number of carbonyl (C=O) groups is 1. The van der Waals surface area contributed by atoms with Gasteiger partial charge >= 0.3 is 0 Å². The molecule has 2 atom stereocenters. The van der Waals surface area contributed by atoms with Crippen molar-refractivity contribution in [2.75, 3.05) is 26.2 Å². The van der Waals surface area contributed by atoms with E-state index in [1.165, 1.54) is 0 Å². The van der Waals surface area contributed by atoms with Crippen molar-refractivity contribution >= 4 is 6.29 Å². The summed E-state index contributed by atoms with van der Waals surface area (Å²) in [5.74, 6) is 0. The van der Waals surface area contributed by atoms with Crippen molar-refractivity contribution in [3.63, 3.8) is 0 Å². The van der Waals surface area contributed by atoms with Gasteiger partial charge in [-0.3, -0.25) is 4.90 Å². The lowest BCUT2D eigenvalue weighted by Gasteiger charge is -2.37.